The Morgan fingerprint density at radius 1 is 1.27 bits per heavy atom. The Kier molecular flexibility index (Phi) is 5.54. The number of ether oxygens (including phenoxy) is 3. The Labute approximate surface area is 130 Å². The van der Waals surface area contributed by atoms with Crippen LogP contribution in [0, 0.1) is 0 Å². The Morgan fingerprint density at radius 3 is 2.64 bits per heavy atom. The summed E-state index contributed by atoms with van der Waals surface area (Å²) >= 11 is 0. The Balaban J connectivity index is 2.12. The molecule has 0 aliphatic rings. The fraction of sp³-hybridized carbons (Fsp3) is 0.438. The Hall–Kier alpha value is -1.89. The van der Waals surface area contributed by atoms with Gasteiger partial charge < -0.3 is 24.1 Å². The van der Waals surface area contributed by atoms with Gasteiger partial charge in [-0.1, -0.05) is 0 Å². The van der Waals surface area contributed by atoms with Crippen LogP contribution in [-0.4, -0.2) is 58.5 Å². The number of ketones is 1. The number of carbonyl (C=O) groups excluding carboxylic acids is 1. The highest BCUT2D eigenvalue weighted by Crippen LogP contribution is 2.23. The number of Topliss-reactive ketones (excluding diaryl/α,β-unsaturated/α-hetero) is 1. The van der Waals surface area contributed by atoms with Crippen molar-refractivity contribution in [3.8, 4) is 5.75 Å². The maximum atomic E-state index is 12.5. The molecule has 0 spiro atoms. The number of fused-ring (bicyclic) bond motifs is 1. The molecule has 0 saturated carbocycles. The molecule has 2 aromatic rings. The van der Waals surface area contributed by atoms with Crippen molar-refractivity contribution < 1.29 is 23.9 Å². The first kappa shape index (κ1) is 16.5. The quantitative estimate of drug-likeness (QED) is 0.550. The molecule has 0 aliphatic heterocycles. The van der Waals surface area contributed by atoms with Gasteiger partial charge in [-0.25, -0.2) is 0 Å². The number of nitrogens with one attached hydrogen (secondary N) is 2. The number of quaternary nitrogens is 1. The molecule has 2 rings (SSSR count). The van der Waals surface area contributed by atoms with Crippen LogP contribution in [0.15, 0.2) is 24.4 Å². The summed E-state index contributed by atoms with van der Waals surface area (Å²) in [7, 11) is 6.74. The maximum absolute atomic E-state index is 12.5. The molecule has 0 amide bonds. The molecule has 22 heavy (non-hydrogen) atoms. The number of carbonyl (C=O) groups is 1. The fourth-order valence-electron chi connectivity index (χ4n) is 2.45. The van der Waals surface area contributed by atoms with Gasteiger partial charge in [0, 0.05) is 36.9 Å². The predicted molar refractivity (Wildman–Crippen MR) is 83.6 cm³/mol. The molecular weight excluding hydrogens is 284 g/mol. The lowest BCUT2D eigenvalue weighted by atomic mass is 10.1. The van der Waals surface area contributed by atoms with Crippen molar-refractivity contribution in [2.24, 2.45) is 0 Å². The molecule has 1 aromatic heterocycles. The van der Waals surface area contributed by atoms with Gasteiger partial charge in [0.2, 0.25) is 12.1 Å². The molecule has 0 radical (unpaired) electrons. The number of aromatic nitrogens is 1. The molecule has 0 fully saturated rings. The minimum atomic E-state index is -0.309. The van der Waals surface area contributed by atoms with E-state index in [1.807, 2.05) is 25.2 Å². The van der Waals surface area contributed by atoms with Gasteiger partial charge in [-0.2, -0.15) is 0 Å². The molecule has 6 nitrogen and oxygen atoms in total. The molecule has 1 atom stereocenters. The molecule has 0 aliphatic carbocycles. The first-order valence-electron chi connectivity index (χ1n) is 7.14. The molecule has 1 aromatic carbocycles. The first-order chi connectivity index (χ1) is 10.6. The number of rotatable bonds is 8. The molecule has 2 N–H and O–H groups in total. The number of hydrogen-bond acceptors (Lipinski definition) is 4. The van der Waals surface area contributed by atoms with Crippen molar-refractivity contribution in [2.45, 2.75) is 6.29 Å². The normalized spacial score (nSPS) is 12.8. The second-order valence-electron chi connectivity index (χ2n) is 5.28. The average molecular weight is 307 g/mol. The van der Waals surface area contributed by atoms with Crippen LogP contribution in [0.3, 0.4) is 0 Å². The molecule has 1 unspecified atom stereocenters. The van der Waals surface area contributed by atoms with Crippen LogP contribution in [0.1, 0.15) is 10.4 Å². The van der Waals surface area contributed by atoms with Gasteiger partial charge in [0.05, 0.1) is 14.2 Å². The minimum Gasteiger partial charge on any atom is -0.497 e. The third-order valence-corrected chi connectivity index (χ3v) is 3.69. The lowest BCUT2D eigenvalue weighted by Gasteiger charge is -2.18. The highest BCUT2D eigenvalue weighted by Gasteiger charge is 2.19. The van der Waals surface area contributed by atoms with Crippen molar-refractivity contribution in [2.75, 3.05) is 41.5 Å². The van der Waals surface area contributed by atoms with Crippen LogP contribution in [-0.2, 0) is 9.47 Å². The van der Waals surface area contributed by atoms with E-state index in [9.17, 15) is 4.79 Å². The summed E-state index contributed by atoms with van der Waals surface area (Å²) in [5.74, 6) is 0.809. The smallest absolute Gasteiger partial charge is 0.218 e. The molecule has 0 bridgehead atoms. The third-order valence-electron chi connectivity index (χ3n) is 3.69. The molecular formula is C16H23N2O4+. The summed E-state index contributed by atoms with van der Waals surface area (Å²) < 4.78 is 15.6. The largest absolute Gasteiger partial charge is 0.497 e. The second kappa shape index (κ2) is 7.40. The number of H-pyrrole nitrogens is 1. The highest BCUT2D eigenvalue weighted by molar-refractivity contribution is 6.08. The second-order valence-corrected chi connectivity index (χ2v) is 5.28. The zero-order chi connectivity index (χ0) is 16.1. The SMILES string of the molecule is COc1ccc2[nH]cc(C(=O)C[NH+](C)CC(OC)OC)c2c1. The lowest BCUT2D eigenvalue weighted by molar-refractivity contribution is -0.877. The highest BCUT2D eigenvalue weighted by atomic mass is 16.7. The van der Waals surface area contributed by atoms with E-state index in [1.165, 1.54) is 0 Å². The first-order valence-corrected chi connectivity index (χ1v) is 7.14. The summed E-state index contributed by atoms with van der Waals surface area (Å²) in [6.07, 6.45) is 1.44. The Morgan fingerprint density at radius 2 is 2.00 bits per heavy atom. The maximum Gasteiger partial charge on any atom is 0.218 e. The monoisotopic (exact) mass is 307 g/mol. The summed E-state index contributed by atoms with van der Waals surface area (Å²) in [6, 6.07) is 5.65. The van der Waals surface area contributed by atoms with Gasteiger partial charge in [-0.15, -0.1) is 0 Å². The van der Waals surface area contributed by atoms with Gasteiger partial charge in [0.25, 0.3) is 0 Å². The fourth-order valence-corrected chi connectivity index (χ4v) is 2.45. The average Bonchev–Trinajstić information content (AvgIpc) is 2.95. The van der Waals surface area contributed by atoms with Crippen molar-refractivity contribution in [3.63, 3.8) is 0 Å². The van der Waals surface area contributed by atoms with Gasteiger partial charge in [-0.3, -0.25) is 4.79 Å². The van der Waals surface area contributed by atoms with E-state index < -0.39 is 0 Å². The predicted octanol–water partition coefficient (Wildman–Crippen LogP) is 0.493. The van der Waals surface area contributed by atoms with E-state index >= 15 is 0 Å². The zero-order valence-corrected chi connectivity index (χ0v) is 13.4. The van der Waals surface area contributed by atoms with E-state index in [2.05, 4.69) is 4.98 Å². The number of benzene rings is 1. The van der Waals surface area contributed by atoms with Crippen LogP contribution in [0.5, 0.6) is 5.75 Å². The van der Waals surface area contributed by atoms with Gasteiger partial charge in [0.15, 0.2) is 0 Å². The summed E-state index contributed by atoms with van der Waals surface area (Å²) in [5.41, 5.74) is 1.60. The Bertz CT molecular complexity index is 634. The standard InChI is InChI=1S/C16H22N2O4/c1-18(10-16(21-3)22-4)9-15(19)13-8-17-14-6-5-11(20-2)7-12(13)14/h5-8,16-17H,9-10H2,1-4H3/p+1. The molecule has 6 heteroatoms. The van der Waals surface area contributed by atoms with E-state index in [1.54, 1.807) is 27.5 Å². The summed E-state index contributed by atoms with van der Waals surface area (Å²) in [5, 5.41) is 0.882. The topological polar surface area (TPSA) is 65.0 Å². The number of aromatic amines is 1. The van der Waals surface area contributed by atoms with Gasteiger partial charge in [0.1, 0.15) is 18.8 Å². The van der Waals surface area contributed by atoms with Crippen LogP contribution < -0.4 is 9.64 Å². The van der Waals surface area contributed by atoms with Gasteiger partial charge in [-0.05, 0) is 18.2 Å². The molecule has 0 saturated heterocycles. The summed E-state index contributed by atoms with van der Waals surface area (Å²) in [6.45, 7) is 0.970. The van der Waals surface area contributed by atoms with E-state index in [0.29, 0.717) is 18.7 Å². The molecule has 120 valence electrons. The van der Waals surface area contributed by atoms with Crippen LogP contribution in [0.25, 0.3) is 10.9 Å². The zero-order valence-electron chi connectivity index (χ0n) is 13.4. The van der Waals surface area contributed by atoms with E-state index in [-0.39, 0.29) is 12.1 Å². The minimum absolute atomic E-state index is 0.0722. The van der Waals surface area contributed by atoms with E-state index in [0.717, 1.165) is 21.6 Å². The lowest BCUT2D eigenvalue weighted by Crippen LogP contribution is -3.11. The van der Waals surface area contributed by atoms with Crippen LogP contribution in [0.4, 0.5) is 0 Å². The van der Waals surface area contributed by atoms with E-state index in [4.69, 9.17) is 14.2 Å². The van der Waals surface area contributed by atoms with Crippen LogP contribution in [0.2, 0.25) is 0 Å². The van der Waals surface area contributed by atoms with Crippen molar-refractivity contribution >= 4 is 16.7 Å². The number of likely N-dealkylation sites (N-methyl/N-ethyl adjacent to an activating group) is 1. The molecule has 1 heterocycles. The van der Waals surface area contributed by atoms with Crippen molar-refractivity contribution in [1.29, 1.82) is 0 Å². The van der Waals surface area contributed by atoms with Crippen molar-refractivity contribution in [1.82, 2.24) is 4.98 Å². The van der Waals surface area contributed by atoms with Crippen molar-refractivity contribution in [3.05, 3.63) is 30.0 Å². The summed E-state index contributed by atoms with van der Waals surface area (Å²) in [4.78, 5) is 16.7. The van der Waals surface area contributed by atoms with Crippen LogP contribution >= 0.6 is 0 Å². The third kappa shape index (κ3) is 3.65. The number of methoxy groups -OCH3 is 3. The van der Waals surface area contributed by atoms with Gasteiger partial charge >= 0.3 is 0 Å². The number of hydrogen-bond donors (Lipinski definition) is 2.